The molecule has 1 saturated heterocycles. The molecule has 0 aromatic heterocycles. The molecular formula is C28H30O6. The molecule has 1 aliphatic rings. The van der Waals surface area contributed by atoms with Gasteiger partial charge in [-0.1, -0.05) is 42.5 Å². The summed E-state index contributed by atoms with van der Waals surface area (Å²) in [6, 6.07) is 21.7. The maximum absolute atomic E-state index is 12.6. The van der Waals surface area contributed by atoms with Crippen molar-refractivity contribution in [1.82, 2.24) is 0 Å². The fraction of sp³-hybridized carbons (Fsp3) is 0.321. The minimum absolute atomic E-state index is 0.0746. The molecule has 1 heterocycles. The first kappa shape index (κ1) is 23.5. The summed E-state index contributed by atoms with van der Waals surface area (Å²) in [6.45, 7) is 0.867. The summed E-state index contributed by atoms with van der Waals surface area (Å²) in [6.07, 6.45) is 1.29. The summed E-state index contributed by atoms with van der Waals surface area (Å²) >= 11 is 0. The maximum Gasteiger partial charge on any atom is 0.309 e. The zero-order valence-electron chi connectivity index (χ0n) is 19.8. The van der Waals surface area contributed by atoms with Gasteiger partial charge in [0.05, 0.1) is 33.9 Å². The fourth-order valence-electron chi connectivity index (χ4n) is 4.31. The van der Waals surface area contributed by atoms with Crippen molar-refractivity contribution in [2.75, 3.05) is 27.9 Å². The Morgan fingerprint density at radius 1 is 0.735 bits per heavy atom. The zero-order chi connectivity index (χ0) is 23.9. The van der Waals surface area contributed by atoms with Crippen LogP contribution in [-0.2, 0) is 29.0 Å². The lowest BCUT2D eigenvalue weighted by Crippen LogP contribution is -2.20. The molecule has 3 aromatic rings. The molecule has 0 N–H and O–H groups in total. The van der Waals surface area contributed by atoms with Gasteiger partial charge in [0.25, 0.3) is 0 Å². The van der Waals surface area contributed by atoms with Crippen LogP contribution in [0.4, 0.5) is 0 Å². The highest BCUT2D eigenvalue weighted by atomic mass is 16.5. The van der Waals surface area contributed by atoms with E-state index in [1.807, 2.05) is 66.7 Å². The maximum atomic E-state index is 12.6. The van der Waals surface area contributed by atoms with E-state index in [4.69, 9.17) is 23.7 Å². The number of esters is 1. The SMILES string of the molecule is COc1ccc(C[C@@H]2COC(=O)[C@H]2Cc2ccc(OCc3ccccc3)c(OC)c2)cc1OC. The third-order valence-electron chi connectivity index (χ3n) is 6.18. The number of carbonyl (C=O) groups excluding carboxylic acids is 1. The standard InChI is InChI=1S/C28H30O6/c1-30-24-11-9-20(15-26(24)31-2)13-22-18-34-28(29)23(22)14-21-10-12-25(27(16-21)32-3)33-17-19-7-5-4-6-8-19/h4-12,15-16,22-23H,13-14,17-18H2,1-3H3/t22-,23+/m1/s1. The van der Waals surface area contributed by atoms with Crippen LogP contribution in [0.15, 0.2) is 66.7 Å². The lowest BCUT2D eigenvalue weighted by molar-refractivity contribution is -0.141. The summed E-state index contributed by atoms with van der Waals surface area (Å²) in [7, 11) is 4.86. The highest BCUT2D eigenvalue weighted by Gasteiger charge is 2.37. The van der Waals surface area contributed by atoms with E-state index in [1.54, 1.807) is 21.3 Å². The van der Waals surface area contributed by atoms with Crippen LogP contribution >= 0.6 is 0 Å². The Balaban J connectivity index is 1.45. The Morgan fingerprint density at radius 2 is 1.35 bits per heavy atom. The van der Waals surface area contributed by atoms with Crippen molar-refractivity contribution < 1.29 is 28.5 Å². The molecule has 0 saturated carbocycles. The van der Waals surface area contributed by atoms with Gasteiger partial charge in [-0.2, -0.15) is 0 Å². The van der Waals surface area contributed by atoms with Gasteiger partial charge in [-0.15, -0.1) is 0 Å². The minimum Gasteiger partial charge on any atom is -0.493 e. The molecule has 0 bridgehead atoms. The number of ether oxygens (including phenoxy) is 5. The molecule has 0 aliphatic carbocycles. The molecule has 3 aromatic carbocycles. The minimum atomic E-state index is -0.228. The summed E-state index contributed by atoms with van der Waals surface area (Å²) in [5.41, 5.74) is 3.17. The Bertz CT molecular complexity index is 1110. The van der Waals surface area contributed by atoms with Gasteiger partial charge in [0.1, 0.15) is 6.61 Å². The smallest absolute Gasteiger partial charge is 0.309 e. The predicted molar refractivity (Wildman–Crippen MR) is 129 cm³/mol. The molecule has 4 rings (SSSR count). The molecule has 0 radical (unpaired) electrons. The molecule has 1 aliphatic heterocycles. The van der Waals surface area contributed by atoms with Crippen molar-refractivity contribution in [3.63, 3.8) is 0 Å². The Hall–Kier alpha value is -3.67. The van der Waals surface area contributed by atoms with Crippen molar-refractivity contribution >= 4 is 5.97 Å². The number of cyclic esters (lactones) is 1. The Kier molecular flexibility index (Phi) is 7.58. The second kappa shape index (κ2) is 11.0. The van der Waals surface area contributed by atoms with E-state index in [0.717, 1.165) is 16.7 Å². The van der Waals surface area contributed by atoms with Crippen LogP contribution in [-0.4, -0.2) is 33.9 Å². The first-order valence-corrected chi connectivity index (χ1v) is 11.3. The van der Waals surface area contributed by atoms with E-state index < -0.39 is 0 Å². The number of carbonyl (C=O) groups is 1. The molecule has 0 spiro atoms. The van der Waals surface area contributed by atoms with Gasteiger partial charge in [0.15, 0.2) is 23.0 Å². The highest BCUT2D eigenvalue weighted by Crippen LogP contribution is 2.35. The van der Waals surface area contributed by atoms with Gasteiger partial charge in [-0.25, -0.2) is 0 Å². The second-order valence-corrected chi connectivity index (χ2v) is 8.35. The summed E-state index contributed by atoms with van der Waals surface area (Å²) < 4.78 is 27.7. The molecule has 0 unspecified atom stereocenters. The molecule has 6 heteroatoms. The molecule has 2 atom stereocenters. The first-order valence-electron chi connectivity index (χ1n) is 11.3. The lowest BCUT2D eigenvalue weighted by Gasteiger charge is -2.18. The summed E-state index contributed by atoms with van der Waals surface area (Å²) in [5, 5.41) is 0. The quantitative estimate of drug-likeness (QED) is 0.401. The molecule has 6 nitrogen and oxygen atoms in total. The van der Waals surface area contributed by atoms with Crippen LogP contribution in [0.5, 0.6) is 23.0 Å². The van der Waals surface area contributed by atoms with Crippen molar-refractivity contribution in [2.45, 2.75) is 19.4 Å². The summed E-state index contributed by atoms with van der Waals surface area (Å²) in [5.74, 6) is 2.37. The normalized spacial score (nSPS) is 17.2. The van der Waals surface area contributed by atoms with E-state index in [9.17, 15) is 4.79 Å². The second-order valence-electron chi connectivity index (χ2n) is 8.35. The van der Waals surface area contributed by atoms with E-state index in [-0.39, 0.29) is 17.8 Å². The Morgan fingerprint density at radius 3 is 2.03 bits per heavy atom. The van der Waals surface area contributed by atoms with Gasteiger partial charge in [-0.3, -0.25) is 4.79 Å². The molecular weight excluding hydrogens is 432 g/mol. The Labute approximate surface area is 200 Å². The van der Waals surface area contributed by atoms with Crippen molar-refractivity contribution in [3.05, 3.63) is 83.4 Å². The predicted octanol–water partition coefficient (Wildman–Crippen LogP) is 4.87. The zero-order valence-corrected chi connectivity index (χ0v) is 19.8. The van der Waals surface area contributed by atoms with E-state index in [1.165, 1.54) is 0 Å². The number of hydrogen-bond acceptors (Lipinski definition) is 6. The fourth-order valence-corrected chi connectivity index (χ4v) is 4.31. The molecule has 0 amide bonds. The number of methoxy groups -OCH3 is 3. The van der Waals surface area contributed by atoms with Crippen LogP contribution in [0.3, 0.4) is 0 Å². The summed E-state index contributed by atoms with van der Waals surface area (Å²) in [4.78, 5) is 12.6. The first-order chi connectivity index (χ1) is 16.6. The van der Waals surface area contributed by atoms with Gasteiger partial charge < -0.3 is 23.7 Å². The largest absolute Gasteiger partial charge is 0.493 e. The van der Waals surface area contributed by atoms with Crippen LogP contribution < -0.4 is 18.9 Å². The monoisotopic (exact) mass is 462 g/mol. The third kappa shape index (κ3) is 5.45. The topological polar surface area (TPSA) is 63.2 Å². The van der Waals surface area contributed by atoms with Crippen LogP contribution in [0, 0.1) is 11.8 Å². The number of rotatable bonds is 10. The van der Waals surface area contributed by atoms with Gasteiger partial charge in [0.2, 0.25) is 0 Å². The van der Waals surface area contributed by atoms with E-state index >= 15 is 0 Å². The van der Waals surface area contributed by atoms with E-state index in [2.05, 4.69) is 0 Å². The van der Waals surface area contributed by atoms with Crippen molar-refractivity contribution in [2.24, 2.45) is 11.8 Å². The third-order valence-corrected chi connectivity index (χ3v) is 6.18. The van der Waals surface area contributed by atoms with Gasteiger partial charge in [0, 0.05) is 5.92 Å². The molecule has 178 valence electrons. The average molecular weight is 463 g/mol. The van der Waals surface area contributed by atoms with Crippen LogP contribution in [0.2, 0.25) is 0 Å². The van der Waals surface area contributed by atoms with Crippen LogP contribution in [0.1, 0.15) is 16.7 Å². The van der Waals surface area contributed by atoms with E-state index in [0.29, 0.717) is 49.1 Å². The molecule has 1 fully saturated rings. The molecule has 34 heavy (non-hydrogen) atoms. The average Bonchev–Trinajstić information content (AvgIpc) is 3.22. The highest BCUT2D eigenvalue weighted by molar-refractivity contribution is 5.75. The van der Waals surface area contributed by atoms with Crippen molar-refractivity contribution in [1.29, 1.82) is 0 Å². The number of hydrogen-bond donors (Lipinski definition) is 0. The number of benzene rings is 3. The van der Waals surface area contributed by atoms with Crippen LogP contribution in [0.25, 0.3) is 0 Å². The van der Waals surface area contributed by atoms with Gasteiger partial charge in [-0.05, 0) is 53.8 Å². The van der Waals surface area contributed by atoms with Crippen molar-refractivity contribution in [3.8, 4) is 23.0 Å². The lowest BCUT2D eigenvalue weighted by atomic mass is 9.85. The van der Waals surface area contributed by atoms with Gasteiger partial charge >= 0.3 is 5.97 Å².